The smallest absolute Gasteiger partial charge is 0.336 e. The Labute approximate surface area is 168 Å². The van der Waals surface area contributed by atoms with Crippen LogP contribution < -0.4 is 10.2 Å². The summed E-state index contributed by atoms with van der Waals surface area (Å²) in [7, 11) is 0. The molecule has 0 saturated carbocycles. The third-order valence-electron chi connectivity index (χ3n) is 3.42. The van der Waals surface area contributed by atoms with Crippen LogP contribution in [0.2, 0.25) is 0 Å². The zero-order valence-electron chi connectivity index (χ0n) is 14.4. The first-order valence-corrected chi connectivity index (χ1v) is 8.87. The number of carbonyl (C=O) groups is 2. The van der Waals surface area contributed by atoms with Crippen molar-refractivity contribution < 1.29 is 18.7 Å². The third kappa shape index (κ3) is 5.49. The number of amides is 1. The van der Waals surface area contributed by atoms with Crippen molar-refractivity contribution in [3.05, 3.63) is 88.6 Å². The van der Waals surface area contributed by atoms with Crippen LogP contribution in [0.4, 0.5) is 0 Å². The molecule has 1 N–H and O–H groups in total. The van der Waals surface area contributed by atoms with Crippen LogP contribution in [0.15, 0.2) is 81.2 Å². The fourth-order valence-corrected chi connectivity index (χ4v) is 2.50. The van der Waals surface area contributed by atoms with Crippen LogP contribution in [0.3, 0.4) is 0 Å². The summed E-state index contributed by atoms with van der Waals surface area (Å²) in [4.78, 5) is 27.9. The standard InChI is InChI=1S/C20H14BrN3O4/c21-16-3-5-18(28-19(25)6-4-17-2-1-11-27-17)15(12-16)13-23-24-20(26)14-7-9-22-10-8-14/h1-13H,(H,24,26). The van der Waals surface area contributed by atoms with Crippen molar-refractivity contribution in [1.82, 2.24) is 10.4 Å². The Hall–Kier alpha value is -3.52. The highest BCUT2D eigenvalue weighted by molar-refractivity contribution is 9.10. The molecule has 28 heavy (non-hydrogen) atoms. The van der Waals surface area contributed by atoms with Gasteiger partial charge in [0.05, 0.1) is 12.5 Å². The molecule has 1 aromatic carbocycles. The fourth-order valence-electron chi connectivity index (χ4n) is 2.12. The summed E-state index contributed by atoms with van der Waals surface area (Å²) < 4.78 is 11.2. The number of nitrogens with one attached hydrogen (secondary N) is 1. The van der Waals surface area contributed by atoms with E-state index in [0.29, 0.717) is 22.6 Å². The number of pyridine rings is 1. The van der Waals surface area contributed by atoms with Crippen molar-refractivity contribution in [2.45, 2.75) is 0 Å². The Balaban J connectivity index is 1.68. The van der Waals surface area contributed by atoms with Gasteiger partial charge in [0, 0.05) is 34.1 Å². The van der Waals surface area contributed by atoms with Crippen LogP contribution in [0.5, 0.6) is 5.75 Å². The number of benzene rings is 1. The Morgan fingerprint density at radius 1 is 1.18 bits per heavy atom. The predicted molar refractivity (Wildman–Crippen MR) is 107 cm³/mol. The van der Waals surface area contributed by atoms with Crippen LogP contribution in [-0.4, -0.2) is 23.1 Å². The Morgan fingerprint density at radius 2 is 2.00 bits per heavy atom. The van der Waals surface area contributed by atoms with Gasteiger partial charge < -0.3 is 9.15 Å². The lowest BCUT2D eigenvalue weighted by atomic mass is 10.2. The summed E-state index contributed by atoms with van der Waals surface area (Å²) in [6.45, 7) is 0. The first-order valence-electron chi connectivity index (χ1n) is 8.08. The molecular weight excluding hydrogens is 426 g/mol. The summed E-state index contributed by atoms with van der Waals surface area (Å²) in [5.74, 6) is -0.129. The number of esters is 1. The molecule has 1 amide bonds. The monoisotopic (exact) mass is 439 g/mol. The molecule has 0 aliphatic carbocycles. The van der Waals surface area contributed by atoms with E-state index in [1.807, 2.05) is 0 Å². The number of hydrogen-bond donors (Lipinski definition) is 1. The van der Waals surface area contributed by atoms with Gasteiger partial charge >= 0.3 is 5.97 Å². The highest BCUT2D eigenvalue weighted by atomic mass is 79.9. The number of nitrogens with zero attached hydrogens (tertiary/aromatic N) is 2. The van der Waals surface area contributed by atoms with Gasteiger partial charge in [-0.2, -0.15) is 5.10 Å². The van der Waals surface area contributed by atoms with Gasteiger partial charge in [-0.05, 0) is 48.5 Å². The highest BCUT2D eigenvalue weighted by Crippen LogP contribution is 2.22. The molecule has 0 fully saturated rings. The third-order valence-corrected chi connectivity index (χ3v) is 3.91. The number of hydrogen-bond acceptors (Lipinski definition) is 6. The first-order chi connectivity index (χ1) is 13.6. The van der Waals surface area contributed by atoms with Gasteiger partial charge in [-0.1, -0.05) is 15.9 Å². The Kier molecular flexibility index (Phi) is 6.48. The lowest BCUT2D eigenvalue weighted by Crippen LogP contribution is -2.17. The molecule has 0 radical (unpaired) electrons. The molecule has 0 unspecified atom stereocenters. The zero-order chi connectivity index (χ0) is 19.8. The number of halogens is 1. The van der Waals surface area contributed by atoms with Crippen molar-refractivity contribution >= 4 is 40.1 Å². The molecule has 0 spiro atoms. The molecule has 2 heterocycles. The van der Waals surface area contributed by atoms with E-state index < -0.39 is 5.97 Å². The van der Waals surface area contributed by atoms with Gasteiger partial charge in [0.15, 0.2) is 0 Å². The number of furan rings is 1. The molecule has 3 rings (SSSR count). The zero-order valence-corrected chi connectivity index (χ0v) is 16.0. The molecule has 140 valence electrons. The van der Waals surface area contributed by atoms with Gasteiger partial charge in [-0.25, -0.2) is 10.2 Å². The van der Waals surface area contributed by atoms with Crippen LogP contribution in [0.25, 0.3) is 6.08 Å². The summed E-state index contributed by atoms with van der Waals surface area (Å²) >= 11 is 3.35. The van der Waals surface area contributed by atoms with Crippen molar-refractivity contribution in [2.24, 2.45) is 5.10 Å². The summed E-state index contributed by atoms with van der Waals surface area (Å²) in [5, 5.41) is 3.92. The van der Waals surface area contributed by atoms with Gasteiger partial charge in [0.1, 0.15) is 11.5 Å². The van der Waals surface area contributed by atoms with Crippen LogP contribution in [0.1, 0.15) is 21.7 Å². The second-order valence-electron chi connectivity index (χ2n) is 5.39. The van der Waals surface area contributed by atoms with Gasteiger partial charge in [0.2, 0.25) is 0 Å². The minimum Gasteiger partial charge on any atom is -0.465 e. The van der Waals surface area contributed by atoms with E-state index in [1.165, 1.54) is 37.0 Å². The van der Waals surface area contributed by atoms with Gasteiger partial charge in [-0.15, -0.1) is 0 Å². The van der Waals surface area contributed by atoms with Crippen molar-refractivity contribution in [3.8, 4) is 5.75 Å². The molecule has 2 aromatic heterocycles. The van der Waals surface area contributed by atoms with E-state index in [-0.39, 0.29) is 5.91 Å². The first kappa shape index (κ1) is 19.2. The minimum atomic E-state index is -0.575. The van der Waals surface area contributed by atoms with Gasteiger partial charge in [-0.3, -0.25) is 9.78 Å². The van der Waals surface area contributed by atoms with E-state index in [2.05, 4.69) is 31.4 Å². The normalized spacial score (nSPS) is 11.0. The lowest BCUT2D eigenvalue weighted by Gasteiger charge is -2.06. The molecule has 0 aliphatic rings. The second-order valence-corrected chi connectivity index (χ2v) is 6.30. The summed E-state index contributed by atoms with van der Waals surface area (Å²) in [5.41, 5.74) is 3.34. The van der Waals surface area contributed by atoms with E-state index in [9.17, 15) is 9.59 Å². The number of rotatable bonds is 6. The molecule has 7 nitrogen and oxygen atoms in total. The Bertz CT molecular complexity index is 1020. The number of carbonyl (C=O) groups excluding carboxylic acids is 2. The van der Waals surface area contributed by atoms with Crippen molar-refractivity contribution in [2.75, 3.05) is 0 Å². The topological polar surface area (TPSA) is 93.8 Å². The number of aromatic nitrogens is 1. The molecule has 0 bridgehead atoms. The van der Waals surface area contributed by atoms with Gasteiger partial charge in [0.25, 0.3) is 5.91 Å². The largest absolute Gasteiger partial charge is 0.465 e. The van der Waals surface area contributed by atoms with E-state index in [1.54, 1.807) is 42.5 Å². The molecule has 0 aliphatic heterocycles. The van der Waals surface area contributed by atoms with Crippen molar-refractivity contribution in [3.63, 3.8) is 0 Å². The van der Waals surface area contributed by atoms with Crippen LogP contribution in [0, 0.1) is 0 Å². The van der Waals surface area contributed by atoms with Crippen LogP contribution in [-0.2, 0) is 4.79 Å². The second kappa shape index (κ2) is 9.43. The molecule has 0 atom stereocenters. The summed E-state index contributed by atoms with van der Waals surface area (Å²) in [6.07, 6.45) is 8.69. The maximum absolute atomic E-state index is 12.0. The van der Waals surface area contributed by atoms with E-state index >= 15 is 0 Å². The fraction of sp³-hybridized carbons (Fsp3) is 0. The average Bonchev–Trinajstić information content (AvgIpc) is 3.22. The molecule has 8 heteroatoms. The highest BCUT2D eigenvalue weighted by Gasteiger charge is 2.08. The molecule has 0 saturated heterocycles. The number of ether oxygens (including phenoxy) is 1. The Morgan fingerprint density at radius 3 is 2.75 bits per heavy atom. The van der Waals surface area contributed by atoms with Crippen LogP contribution >= 0.6 is 15.9 Å². The van der Waals surface area contributed by atoms with E-state index in [0.717, 1.165) is 4.47 Å². The minimum absolute atomic E-state index is 0.291. The SMILES string of the molecule is O=C(C=Cc1ccco1)Oc1ccc(Br)cc1C=NNC(=O)c1ccncc1. The van der Waals surface area contributed by atoms with Crippen molar-refractivity contribution in [1.29, 1.82) is 0 Å². The maximum atomic E-state index is 12.0. The molecular formula is C20H14BrN3O4. The quantitative estimate of drug-likeness (QED) is 0.207. The lowest BCUT2D eigenvalue weighted by molar-refractivity contribution is -0.128. The predicted octanol–water partition coefficient (Wildman–Crippen LogP) is 3.82. The summed E-state index contributed by atoms with van der Waals surface area (Å²) in [6, 6.07) is 11.6. The number of hydrazone groups is 1. The maximum Gasteiger partial charge on any atom is 0.336 e. The average molecular weight is 440 g/mol. The molecule has 3 aromatic rings. The van der Waals surface area contributed by atoms with E-state index in [4.69, 9.17) is 9.15 Å².